The molecule has 0 saturated carbocycles. The van der Waals surface area contributed by atoms with Crippen LogP contribution in [-0.2, 0) is 14.3 Å². The lowest BCUT2D eigenvalue weighted by Crippen LogP contribution is -2.52. The Balaban J connectivity index is 2.55. The van der Waals surface area contributed by atoms with E-state index in [1.54, 1.807) is 6.92 Å². The highest BCUT2D eigenvalue weighted by Crippen LogP contribution is 2.20. The van der Waals surface area contributed by atoms with Crippen LogP contribution in [0.4, 0.5) is 4.79 Å². The van der Waals surface area contributed by atoms with Gasteiger partial charge in [0.1, 0.15) is 0 Å². The van der Waals surface area contributed by atoms with Crippen molar-refractivity contribution in [3.05, 3.63) is 0 Å². The Kier molecular flexibility index (Phi) is 7.32. The van der Waals surface area contributed by atoms with Crippen LogP contribution in [0.5, 0.6) is 0 Å². The number of piperidine rings is 1. The number of amides is 1. The Morgan fingerprint density at radius 1 is 1.40 bits per heavy atom. The third-order valence-corrected chi connectivity index (χ3v) is 3.33. The molecule has 1 rings (SSSR count). The van der Waals surface area contributed by atoms with Crippen LogP contribution in [0.2, 0.25) is 0 Å². The predicted molar refractivity (Wildman–Crippen MR) is 74.2 cm³/mol. The van der Waals surface area contributed by atoms with Gasteiger partial charge < -0.3 is 20.5 Å². The molecule has 1 heterocycles. The van der Waals surface area contributed by atoms with Crippen molar-refractivity contribution < 1.29 is 19.1 Å². The van der Waals surface area contributed by atoms with Crippen molar-refractivity contribution in [3.63, 3.8) is 0 Å². The Bertz CT molecular complexity index is 325. The molecule has 3 N–H and O–H groups in total. The minimum absolute atomic E-state index is 0.0258. The largest absolute Gasteiger partial charge is 0.466 e. The zero-order valence-electron chi connectivity index (χ0n) is 12.3. The molecule has 116 valence electrons. The molecule has 0 aliphatic carbocycles. The number of ether oxygens (including phenoxy) is 2. The average Bonchev–Trinajstić information content (AvgIpc) is 2.38. The quantitative estimate of drug-likeness (QED) is 0.665. The van der Waals surface area contributed by atoms with Crippen LogP contribution in [-0.4, -0.2) is 62.9 Å². The summed E-state index contributed by atoms with van der Waals surface area (Å²) in [6.45, 7) is 5.01. The zero-order chi connectivity index (χ0) is 15.0. The van der Waals surface area contributed by atoms with E-state index in [0.717, 1.165) is 26.1 Å². The third-order valence-electron chi connectivity index (χ3n) is 3.33. The molecule has 1 fully saturated rings. The SMILES string of the molecule is CCOC(=O)CC1CC(NC(=O)OC)CN(CCN)C1. The van der Waals surface area contributed by atoms with Gasteiger partial charge in [0.25, 0.3) is 0 Å². The summed E-state index contributed by atoms with van der Waals surface area (Å²) >= 11 is 0. The molecule has 0 aromatic rings. The Morgan fingerprint density at radius 3 is 2.75 bits per heavy atom. The first kappa shape index (κ1) is 16.7. The van der Waals surface area contributed by atoms with Gasteiger partial charge >= 0.3 is 12.1 Å². The minimum atomic E-state index is -0.445. The van der Waals surface area contributed by atoms with Gasteiger partial charge in [0.2, 0.25) is 0 Å². The molecular formula is C13H25N3O4. The number of alkyl carbamates (subject to hydrolysis) is 1. The van der Waals surface area contributed by atoms with Gasteiger partial charge in [-0.3, -0.25) is 9.69 Å². The van der Waals surface area contributed by atoms with Crippen LogP contribution < -0.4 is 11.1 Å². The maximum absolute atomic E-state index is 11.6. The van der Waals surface area contributed by atoms with E-state index in [1.807, 2.05) is 0 Å². The van der Waals surface area contributed by atoms with Crippen LogP contribution in [0.15, 0.2) is 0 Å². The molecule has 0 aromatic heterocycles. The molecule has 2 unspecified atom stereocenters. The maximum atomic E-state index is 11.6. The number of carbonyl (C=O) groups is 2. The number of rotatable bonds is 6. The molecule has 0 aromatic carbocycles. The molecule has 2 atom stereocenters. The van der Waals surface area contributed by atoms with E-state index in [4.69, 9.17) is 10.5 Å². The molecule has 0 radical (unpaired) electrons. The van der Waals surface area contributed by atoms with Crippen molar-refractivity contribution >= 4 is 12.1 Å². The fourth-order valence-corrected chi connectivity index (χ4v) is 2.60. The average molecular weight is 287 g/mol. The van der Waals surface area contributed by atoms with Gasteiger partial charge in [0.05, 0.1) is 13.7 Å². The molecule has 7 heteroatoms. The van der Waals surface area contributed by atoms with E-state index in [0.29, 0.717) is 19.6 Å². The van der Waals surface area contributed by atoms with E-state index >= 15 is 0 Å². The lowest BCUT2D eigenvalue weighted by Gasteiger charge is -2.37. The van der Waals surface area contributed by atoms with Gasteiger partial charge in [0.15, 0.2) is 0 Å². The highest BCUT2D eigenvalue weighted by Gasteiger charge is 2.29. The number of carbonyl (C=O) groups excluding carboxylic acids is 2. The smallest absolute Gasteiger partial charge is 0.407 e. The Labute approximate surface area is 119 Å². The Hall–Kier alpha value is -1.34. The van der Waals surface area contributed by atoms with Crippen LogP contribution in [0.3, 0.4) is 0 Å². The Morgan fingerprint density at radius 2 is 2.15 bits per heavy atom. The molecule has 0 bridgehead atoms. The van der Waals surface area contributed by atoms with Gasteiger partial charge in [-0.25, -0.2) is 4.79 Å². The van der Waals surface area contributed by atoms with E-state index in [-0.39, 0.29) is 17.9 Å². The van der Waals surface area contributed by atoms with Crippen LogP contribution in [0.1, 0.15) is 19.8 Å². The molecule has 1 aliphatic rings. The first-order valence-electron chi connectivity index (χ1n) is 7.01. The topological polar surface area (TPSA) is 93.9 Å². The highest BCUT2D eigenvalue weighted by molar-refractivity contribution is 5.70. The molecular weight excluding hydrogens is 262 g/mol. The summed E-state index contributed by atoms with van der Waals surface area (Å²) in [7, 11) is 1.34. The number of hydrogen-bond donors (Lipinski definition) is 2. The van der Waals surface area contributed by atoms with Gasteiger partial charge in [0, 0.05) is 38.6 Å². The second kappa shape index (κ2) is 8.76. The summed E-state index contributed by atoms with van der Waals surface area (Å²) in [4.78, 5) is 25.1. The van der Waals surface area contributed by atoms with E-state index in [1.165, 1.54) is 7.11 Å². The van der Waals surface area contributed by atoms with Crippen molar-refractivity contribution in [1.29, 1.82) is 0 Å². The number of methoxy groups -OCH3 is 1. The minimum Gasteiger partial charge on any atom is -0.466 e. The fourth-order valence-electron chi connectivity index (χ4n) is 2.60. The van der Waals surface area contributed by atoms with Crippen LogP contribution >= 0.6 is 0 Å². The number of hydrogen-bond acceptors (Lipinski definition) is 6. The van der Waals surface area contributed by atoms with E-state index < -0.39 is 6.09 Å². The van der Waals surface area contributed by atoms with Crippen molar-refractivity contribution in [1.82, 2.24) is 10.2 Å². The fraction of sp³-hybridized carbons (Fsp3) is 0.846. The molecule has 0 spiro atoms. The summed E-state index contributed by atoms with van der Waals surface area (Å²) in [5.74, 6) is -0.0274. The molecule has 1 saturated heterocycles. The lowest BCUT2D eigenvalue weighted by molar-refractivity contribution is -0.144. The van der Waals surface area contributed by atoms with Gasteiger partial charge in [-0.1, -0.05) is 0 Å². The standard InChI is InChI=1S/C13H25N3O4/c1-3-20-12(17)7-10-6-11(15-13(18)19-2)9-16(8-10)5-4-14/h10-11H,3-9,14H2,1-2H3,(H,15,18). The maximum Gasteiger partial charge on any atom is 0.407 e. The number of nitrogens with two attached hydrogens (primary N) is 1. The van der Waals surface area contributed by atoms with Crippen molar-refractivity contribution in [3.8, 4) is 0 Å². The van der Waals surface area contributed by atoms with Crippen molar-refractivity contribution in [2.24, 2.45) is 11.7 Å². The van der Waals surface area contributed by atoms with Gasteiger partial charge in [-0.2, -0.15) is 0 Å². The summed E-state index contributed by atoms with van der Waals surface area (Å²) in [6, 6.07) is -0.0258. The molecule has 20 heavy (non-hydrogen) atoms. The normalized spacial score (nSPS) is 23.1. The molecule has 7 nitrogen and oxygen atoms in total. The van der Waals surface area contributed by atoms with Gasteiger partial charge in [-0.05, 0) is 19.3 Å². The van der Waals surface area contributed by atoms with E-state index in [2.05, 4.69) is 15.0 Å². The van der Waals surface area contributed by atoms with E-state index in [9.17, 15) is 9.59 Å². The summed E-state index contributed by atoms with van der Waals surface area (Å²) < 4.78 is 9.60. The molecule has 1 aliphatic heterocycles. The second-order valence-electron chi connectivity index (χ2n) is 4.99. The van der Waals surface area contributed by atoms with Gasteiger partial charge in [-0.15, -0.1) is 0 Å². The number of nitrogens with one attached hydrogen (secondary N) is 1. The summed E-state index contributed by atoms with van der Waals surface area (Å²) in [6.07, 6.45) is 0.669. The van der Waals surface area contributed by atoms with Crippen LogP contribution in [0.25, 0.3) is 0 Å². The summed E-state index contributed by atoms with van der Waals surface area (Å²) in [5, 5.41) is 2.80. The van der Waals surface area contributed by atoms with Crippen molar-refractivity contribution in [2.45, 2.75) is 25.8 Å². The first-order valence-corrected chi connectivity index (χ1v) is 7.01. The third kappa shape index (κ3) is 5.75. The van der Waals surface area contributed by atoms with Crippen LogP contribution in [0, 0.1) is 5.92 Å². The monoisotopic (exact) mass is 287 g/mol. The second-order valence-corrected chi connectivity index (χ2v) is 4.99. The number of likely N-dealkylation sites (tertiary alicyclic amines) is 1. The van der Waals surface area contributed by atoms with Crippen molar-refractivity contribution in [2.75, 3.05) is 39.9 Å². The number of esters is 1. The zero-order valence-corrected chi connectivity index (χ0v) is 12.3. The molecule has 1 amide bonds. The lowest BCUT2D eigenvalue weighted by atomic mass is 9.91. The first-order chi connectivity index (χ1) is 9.58. The predicted octanol–water partition coefficient (Wildman–Crippen LogP) is -0.0552. The number of nitrogens with zero attached hydrogens (tertiary/aromatic N) is 1. The highest BCUT2D eigenvalue weighted by atomic mass is 16.5. The summed E-state index contributed by atoms with van der Waals surface area (Å²) in [5.41, 5.74) is 5.58.